The van der Waals surface area contributed by atoms with Gasteiger partial charge in [0.1, 0.15) is 38.6 Å². The molecule has 0 radical (unpaired) electrons. The summed E-state index contributed by atoms with van der Waals surface area (Å²) in [5.74, 6) is -4.45. The van der Waals surface area contributed by atoms with Gasteiger partial charge >= 0.3 is 23.9 Å². The van der Waals surface area contributed by atoms with Gasteiger partial charge in [-0.1, -0.05) is 13.2 Å². The van der Waals surface area contributed by atoms with Crippen LogP contribution in [0.4, 0.5) is 0 Å². The first-order chi connectivity index (χ1) is 13.9. The van der Waals surface area contributed by atoms with Gasteiger partial charge in [-0.15, -0.1) is 0 Å². The van der Waals surface area contributed by atoms with Crippen LogP contribution in [0.2, 0.25) is 0 Å². The topological polar surface area (TPSA) is 186 Å². The smallest absolute Gasteiger partial charge is 0.338 e. The fraction of sp³-hybridized carbons (Fsp3) is 0.556. The van der Waals surface area contributed by atoms with Crippen LogP contribution >= 0.6 is 0 Å². The van der Waals surface area contributed by atoms with Crippen molar-refractivity contribution in [3.63, 3.8) is 0 Å². The fourth-order valence-electron chi connectivity index (χ4n) is 1.47. The average molecular weight is 434 g/mol. The van der Waals surface area contributed by atoms with Crippen LogP contribution in [0, 0.1) is 0 Å². The maximum Gasteiger partial charge on any atom is 0.338 e. The molecule has 170 valence electrons. The van der Waals surface area contributed by atoms with E-state index >= 15 is 0 Å². The number of aliphatic hydroxyl groups excluding tert-OH is 4. The molecule has 4 atom stereocenters. The third-order valence-corrected chi connectivity index (χ3v) is 3.13. The minimum Gasteiger partial charge on any atom is -0.461 e. The highest BCUT2D eigenvalue weighted by Gasteiger charge is 2.33. The monoisotopic (exact) mass is 434 g/mol. The number of hydrogen-bond donors (Lipinski definition) is 4. The highest BCUT2D eigenvalue weighted by molar-refractivity contribution is 5.87. The summed E-state index contributed by atoms with van der Waals surface area (Å²) < 4.78 is 18.3. The van der Waals surface area contributed by atoms with Crippen molar-refractivity contribution in [3.05, 3.63) is 24.3 Å². The molecule has 0 fully saturated rings. The molecule has 0 bridgehead atoms. The Hall–Kier alpha value is -2.80. The number of esters is 4. The Labute approximate surface area is 172 Å². The summed E-state index contributed by atoms with van der Waals surface area (Å²) in [5.41, 5.74) is 0.186. The summed E-state index contributed by atoms with van der Waals surface area (Å²) >= 11 is 0. The lowest BCUT2D eigenvalue weighted by molar-refractivity contribution is -0.177. The Morgan fingerprint density at radius 3 is 1.17 bits per heavy atom. The quantitative estimate of drug-likeness (QED) is 0.139. The van der Waals surface area contributed by atoms with Crippen molar-refractivity contribution < 1.29 is 58.6 Å². The van der Waals surface area contributed by atoms with Gasteiger partial charge in [0.15, 0.2) is 12.2 Å². The summed E-state index contributed by atoms with van der Waals surface area (Å²) in [6.07, 6.45) is -7.54. The molecule has 0 heterocycles. The van der Waals surface area contributed by atoms with Gasteiger partial charge in [0.2, 0.25) is 0 Å². The molecular weight excluding hydrogens is 408 g/mol. The van der Waals surface area contributed by atoms with Crippen LogP contribution in [0.15, 0.2) is 24.3 Å². The SMILES string of the molecule is C=C(C)C(=O)OCC(O)COC(=O)C(O)C(O)C(=O)OCC(O)COC(=O)C(=C)C. The maximum atomic E-state index is 11.6. The normalized spacial score (nSPS) is 14.5. The zero-order valence-electron chi connectivity index (χ0n) is 16.6. The Morgan fingerprint density at radius 1 is 0.633 bits per heavy atom. The van der Waals surface area contributed by atoms with E-state index in [-0.39, 0.29) is 11.1 Å². The zero-order chi connectivity index (χ0) is 23.4. The van der Waals surface area contributed by atoms with E-state index in [0.717, 1.165) is 0 Å². The highest BCUT2D eigenvalue weighted by atomic mass is 16.6. The largest absolute Gasteiger partial charge is 0.461 e. The highest BCUT2D eigenvalue weighted by Crippen LogP contribution is 2.03. The van der Waals surface area contributed by atoms with Gasteiger partial charge in [0.25, 0.3) is 0 Å². The number of rotatable bonds is 13. The second-order valence-corrected chi connectivity index (χ2v) is 6.21. The maximum absolute atomic E-state index is 11.6. The van der Waals surface area contributed by atoms with Gasteiger partial charge in [-0.05, 0) is 13.8 Å². The molecular formula is C18H26O12. The van der Waals surface area contributed by atoms with Crippen molar-refractivity contribution >= 4 is 23.9 Å². The van der Waals surface area contributed by atoms with Gasteiger partial charge in [-0.3, -0.25) is 0 Å². The van der Waals surface area contributed by atoms with E-state index in [4.69, 9.17) is 0 Å². The van der Waals surface area contributed by atoms with E-state index in [9.17, 15) is 39.6 Å². The van der Waals surface area contributed by atoms with Crippen LogP contribution in [0.5, 0.6) is 0 Å². The predicted octanol–water partition coefficient (Wildman–Crippen LogP) is -2.24. The molecule has 0 aromatic rings. The van der Waals surface area contributed by atoms with Crippen LogP contribution < -0.4 is 0 Å². The number of aliphatic hydroxyl groups is 4. The van der Waals surface area contributed by atoms with Crippen molar-refractivity contribution in [2.24, 2.45) is 0 Å². The molecule has 4 unspecified atom stereocenters. The number of hydrogen-bond acceptors (Lipinski definition) is 12. The second-order valence-electron chi connectivity index (χ2n) is 6.21. The van der Waals surface area contributed by atoms with Crippen molar-refractivity contribution in [2.75, 3.05) is 26.4 Å². The summed E-state index contributed by atoms with van der Waals surface area (Å²) in [4.78, 5) is 45.6. The average Bonchev–Trinajstić information content (AvgIpc) is 2.70. The van der Waals surface area contributed by atoms with Crippen molar-refractivity contribution in [2.45, 2.75) is 38.3 Å². The van der Waals surface area contributed by atoms with Crippen molar-refractivity contribution in [1.82, 2.24) is 0 Å². The molecule has 0 aliphatic heterocycles. The molecule has 0 aromatic carbocycles. The number of carbonyl (C=O) groups excluding carboxylic acids is 4. The van der Waals surface area contributed by atoms with Gasteiger partial charge in [0, 0.05) is 11.1 Å². The van der Waals surface area contributed by atoms with Gasteiger partial charge in [-0.2, -0.15) is 0 Å². The van der Waals surface area contributed by atoms with Crippen LogP contribution in [0.1, 0.15) is 13.8 Å². The van der Waals surface area contributed by atoms with E-state index in [1.807, 2.05) is 0 Å². The molecule has 0 rings (SSSR count). The number of ether oxygens (including phenoxy) is 4. The molecule has 0 spiro atoms. The van der Waals surface area contributed by atoms with Crippen LogP contribution in [-0.4, -0.2) is 95.1 Å². The molecule has 0 aliphatic carbocycles. The van der Waals surface area contributed by atoms with E-state index in [2.05, 4.69) is 32.1 Å². The lowest BCUT2D eigenvalue weighted by atomic mass is 10.2. The lowest BCUT2D eigenvalue weighted by Gasteiger charge is -2.18. The molecule has 0 aliphatic rings. The van der Waals surface area contributed by atoms with Crippen LogP contribution in [0.25, 0.3) is 0 Å². The van der Waals surface area contributed by atoms with E-state index in [0.29, 0.717) is 0 Å². The summed E-state index contributed by atoms with van der Waals surface area (Å²) in [5, 5.41) is 38.3. The molecule has 0 aromatic heterocycles. The first-order valence-corrected chi connectivity index (χ1v) is 8.57. The molecule has 12 nitrogen and oxygen atoms in total. The molecule has 4 N–H and O–H groups in total. The van der Waals surface area contributed by atoms with E-state index < -0.39 is 74.7 Å². The molecule has 0 saturated carbocycles. The van der Waals surface area contributed by atoms with E-state index in [1.54, 1.807) is 0 Å². The Morgan fingerprint density at radius 2 is 0.900 bits per heavy atom. The Kier molecular flexibility index (Phi) is 12.2. The van der Waals surface area contributed by atoms with Crippen LogP contribution in [-0.2, 0) is 38.1 Å². The minimum absolute atomic E-state index is 0.0929. The first-order valence-electron chi connectivity index (χ1n) is 8.57. The second kappa shape index (κ2) is 13.4. The van der Waals surface area contributed by atoms with Crippen molar-refractivity contribution in [1.29, 1.82) is 0 Å². The summed E-state index contributed by atoms with van der Waals surface area (Å²) in [6, 6.07) is 0. The Bertz CT molecular complexity index is 600. The number of carbonyl (C=O) groups is 4. The molecule has 12 heteroatoms. The zero-order valence-corrected chi connectivity index (χ0v) is 16.6. The minimum atomic E-state index is -2.35. The van der Waals surface area contributed by atoms with Crippen LogP contribution in [0.3, 0.4) is 0 Å². The fourth-order valence-corrected chi connectivity index (χ4v) is 1.47. The van der Waals surface area contributed by atoms with E-state index in [1.165, 1.54) is 13.8 Å². The standard InChI is InChI=1S/C18H26O12/c1-9(2)15(23)27-5-11(19)7-29-17(25)13(21)14(22)18(26)30-8-12(20)6-28-16(24)10(3)4/h11-14,19-22H,1,3,5-8H2,2,4H3. The first kappa shape index (κ1) is 27.2. The van der Waals surface area contributed by atoms with Gasteiger partial charge in [-0.25, -0.2) is 19.2 Å². The molecule has 0 amide bonds. The van der Waals surface area contributed by atoms with Gasteiger partial charge in [0.05, 0.1) is 0 Å². The third-order valence-electron chi connectivity index (χ3n) is 3.13. The van der Waals surface area contributed by atoms with Gasteiger partial charge < -0.3 is 39.4 Å². The summed E-state index contributed by atoms with van der Waals surface area (Å²) in [7, 11) is 0. The molecule has 30 heavy (non-hydrogen) atoms. The molecule has 0 saturated heterocycles. The third kappa shape index (κ3) is 10.7. The predicted molar refractivity (Wildman–Crippen MR) is 97.5 cm³/mol. The summed E-state index contributed by atoms with van der Waals surface area (Å²) in [6.45, 7) is 6.99. The Balaban J connectivity index is 4.31. The van der Waals surface area contributed by atoms with Crippen molar-refractivity contribution in [3.8, 4) is 0 Å². The lowest BCUT2D eigenvalue weighted by Crippen LogP contribution is -2.43.